The smallest absolute Gasteiger partial charge is 0.272 e. The van der Waals surface area contributed by atoms with E-state index in [4.69, 9.17) is 4.42 Å². The van der Waals surface area contributed by atoms with E-state index in [2.05, 4.69) is 24.3 Å². The highest BCUT2D eigenvalue weighted by molar-refractivity contribution is 5.92. The predicted octanol–water partition coefficient (Wildman–Crippen LogP) is 3.72. The number of rotatable bonds is 3. The molecule has 29 heavy (non-hydrogen) atoms. The molecular formula is C22H22FN3O3. The van der Waals surface area contributed by atoms with Crippen molar-refractivity contribution in [3.63, 3.8) is 0 Å². The lowest BCUT2D eigenvalue weighted by atomic mass is 9.74. The average molecular weight is 395 g/mol. The maximum atomic E-state index is 13.2. The zero-order valence-electron chi connectivity index (χ0n) is 16.5. The molecule has 2 aromatic heterocycles. The van der Waals surface area contributed by atoms with Gasteiger partial charge in [0.15, 0.2) is 0 Å². The molecule has 0 spiro atoms. The van der Waals surface area contributed by atoms with Crippen LogP contribution < -0.4 is 10.9 Å². The summed E-state index contributed by atoms with van der Waals surface area (Å²) in [5.74, 6) is 0.915. The number of fused-ring (bicyclic) bond motifs is 1. The van der Waals surface area contributed by atoms with Gasteiger partial charge in [0.25, 0.3) is 11.5 Å². The standard InChI is InChI=1S/C22H22FN3O3/c1-13-10-16-18(11-22(2,3)12-19(16)29-13)24-21(28)17-8-9-20(27)26(25-17)15-6-4-14(23)5-7-15/h4-10,18H,11-12H2,1-3H3,(H,24,28). The molecule has 1 aromatic carbocycles. The van der Waals surface area contributed by atoms with E-state index in [1.165, 1.54) is 36.4 Å². The molecule has 1 aliphatic rings. The summed E-state index contributed by atoms with van der Waals surface area (Å²) in [6, 6.07) is 9.79. The molecule has 0 saturated heterocycles. The largest absolute Gasteiger partial charge is 0.466 e. The minimum atomic E-state index is -0.415. The van der Waals surface area contributed by atoms with Crippen LogP contribution in [-0.4, -0.2) is 15.7 Å². The maximum Gasteiger partial charge on any atom is 0.272 e. The van der Waals surface area contributed by atoms with E-state index in [1.807, 2.05) is 13.0 Å². The lowest BCUT2D eigenvalue weighted by Gasteiger charge is -2.34. The highest BCUT2D eigenvalue weighted by Crippen LogP contribution is 2.42. The van der Waals surface area contributed by atoms with Crippen LogP contribution in [0.1, 0.15) is 53.9 Å². The van der Waals surface area contributed by atoms with Crippen molar-refractivity contribution in [2.75, 3.05) is 0 Å². The molecule has 3 aromatic rings. The summed E-state index contributed by atoms with van der Waals surface area (Å²) in [5.41, 5.74) is 1.06. The number of aromatic nitrogens is 2. The van der Waals surface area contributed by atoms with Crippen LogP contribution in [0.5, 0.6) is 0 Å². The van der Waals surface area contributed by atoms with Crippen LogP contribution in [0, 0.1) is 18.2 Å². The average Bonchev–Trinajstić information content (AvgIpc) is 3.02. The zero-order valence-corrected chi connectivity index (χ0v) is 16.5. The van der Waals surface area contributed by atoms with Crippen LogP contribution in [0.2, 0.25) is 0 Å². The van der Waals surface area contributed by atoms with Crippen molar-refractivity contribution in [1.29, 1.82) is 0 Å². The molecule has 0 radical (unpaired) electrons. The SMILES string of the molecule is Cc1cc2c(o1)CC(C)(C)CC2NC(=O)c1ccc(=O)n(-c2ccc(F)cc2)n1. The van der Waals surface area contributed by atoms with E-state index in [9.17, 15) is 14.0 Å². The van der Waals surface area contributed by atoms with E-state index in [0.29, 0.717) is 5.69 Å². The molecule has 150 valence electrons. The zero-order chi connectivity index (χ0) is 20.8. The molecule has 0 bridgehead atoms. The van der Waals surface area contributed by atoms with Gasteiger partial charge in [-0.25, -0.2) is 4.39 Å². The number of carbonyl (C=O) groups excluding carboxylic acids is 1. The van der Waals surface area contributed by atoms with Crippen LogP contribution in [0.25, 0.3) is 5.69 Å². The molecule has 1 amide bonds. The lowest BCUT2D eigenvalue weighted by molar-refractivity contribution is 0.0910. The molecule has 1 unspecified atom stereocenters. The minimum Gasteiger partial charge on any atom is -0.466 e. The van der Waals surface area contributed by atoms with E-state index < -0.39 is 11.4 Å². The molecule has 2 heterocycles. The van der Waals surface area contributed by atoms with Crippen LogP contribution in [0.4, 0.5) is 4.39 Å². The Balaban J connectivity index is 1.63. The maximum absolute atomic E-state index is 13.2. The number of nitrogens with one attached hydrogen (secondary N) is 1. The number of aryl methyl sites for hydroxylation is 1. The Labute approximate surface area is 167 Å². The summed E-state index contributed by atoms with van der Waals surface area (Å²) >= 11 is 0. The van der Waals surface area contributed by atoms with E-state index in [1.54, 1.807) is 0 Å². The van der Waals surface area contributed by atoms with Gasteiger partial charge in [0, 0.05) is 18.1 Å². The first-order chi connectivity index (χ1) is 13.7. The second kappa shape index (κ2) is 6.99. The van der Waals surface area contributed by atoms with Gasteiger partial charge in [-0.05, 0) is 55.2 Å². The van der Waals surface area contributed by atoms with Crippen LogP contribution in [-0.2, 0) is 6.42 Å². The van der Waals surface area contributed by atoms with Crippen LogP contribution in [0.3, 0.4) is 0 Å². The third kappa shape index (κ3) is 3.85. The summed E-state index contributed by atoms with van der Waals surface area (Å²) in [6.45, 7) is 6.17. The van der Waals surface area contributed by atoms with Crippen molar-refractivity contribution in [3.05, 3.63) is 81.4 Å². The molecule has 0 aliphatic heterocycles. The van der Waals surface area contributed by atoms with Gasteiger partial charge in [-0.2, -0.15) is 9.78 Å². The van der Waals surface area contributed by atoms with Crippen molar-refractivity contribution >= 4 is 5.91 Å². The fourth-order valence-corrected chi connectivity index (χ4v) is 3.85. The quantitative estimate of drug-likeness (QED) is 0.733. The number of hydrogen-bond acceptors (Lipinski definition) is 4. The fourth-order valence-electron chi connectivity index (χ4n) is 3.85. The molecule has 1 aliphatic carbocycles. The third-order valence-electron chi connectivity index (χ3n) is 5.15. The Kier molecular flexibility index (Phi) is 4.61. The second-order valence-corrected chi connectivity index (χ2v) is 8.25. The lowest BCUT2D eigenvalue weighted by Crippen LogP contribution is -2.37. The highest BCUT2D eigenvalue weighted by atomic mass is 19.1. The number of hydrogen-bond donors (Lipinski definition) is 1. The van der Waals surface area contributed by atoms with E-state index >= 15 is 0 Å². The van der Waals surface area contributed by atoms with Crippen molar-refractivity contribution < 1.29 is 13.6 Å². The van der Waals surface area contributed by atoms with Gasteiger partial charge in [-0.15, -0.1) is 0 Å². The summed E-state index contributed by atoms with van der Waals surface area (Å²) in [7, 11) is 0. The van der Waals surface area contributed by atoms with Gasteiger partial charge < -0.3 is 9.73 Å². The normalized spacial score (nSPS) is 17.6. The summed E-state index contributed by atoms with van der Waals surface area (Å²) < 4.78 is 20.1. The Morgan fingerprint density at radius 2 is 1.97 bits per heavy atom. The molecular weight excluding hydrogens is 373 g/mol. The first-order valence-corrected chi connectivity index (χ1v) is 9.48. The van der Waals surface area contributed by atoms with Crippen molar-refractivity contribution in [2.45, 2.75) is 39.7 Å². The molecule has 4 rings (SSSR count). The number of furan rings is 1. The van der Waals surface area contributed by atoms with Gasteiger partial charge >= 0.3 is 0 Å². The van der Waals surface area contributed by atoms with Gasteiger partial charge in [0.2, 0.25) is 0 Å². The highest BCUT2D eigenvalue weighted by Gasteiger charge is 2.35. The Morgan fingerprint density at radius 3 is 2.69 bits per heavy atom. The first kappa shape index (κ1) is 19.1. The Hall–Kier alpha value is -3.22. The number of nitrogens with zero attached hydrogens (tertiary/aromatic N) is 2. The van der Waals surface area contributed by atoms with Gasteiger partial charge in [0.1, 0.15) is 23.0 Å². The number of carbonyl (C=O) groups is 1. The monoisotopic (exact) mass is 395 g/mol. The summed E-state index contributed by atoms with van der Waals surface area (Å²) in [5, 5.41) is 7.21. The van der Waals surface area contributed by atoms with Gasteiger partial charge in [-0.3, -0.25) is 9.59 Å². The molecule has 7 heteroatoms. The van der Waals surface area contributed by atoms with E-state index in [0.717, 1.165) is 34.6 Å². The van der Waals surface area contributed by atoms with Crippen molar-refractivity contribution in [2.24, 2.45) is 5.41 Å². The van der Waals surface area contributed by atoms with Gasteiger partial charge in [-0.1, -0.05) is 13.8 Å². The van der Waals surface area contributed by atoms with E-state index in [-0.39, 0.29) is 23.1 Å². The summed E-state index contributed by atoms with van der Waals surface area (Å²) in [6.07, 6.45) is 1.58. The van der Waals surface area contributed by atoms with Crippen LogP contribution >= 0.6 is 0 Å². The molecule has 6 nitrogen and oxygen atoms in total. The summed E-state index contributed by atoms with van der Waals surface area (Å²) in [4.78, 5) is 25.1. The van der Waals surface area contributed by atoms with Crippen molar-refractivity contribution in [1.82, 2.24) is 15.1 Å². The first-order valence-electron chi connectivity index (χ1n) is 9.48. The predicted molar refractivity (Wildman–Crippen MR) is 106 cm³/mol. The topological polar surface area (TPSA) is 77.1 Å². The van der Waals surface area contributed by atoms with Crippen LogP contribution in [0.15, 0.2) is 51.7 Å². The molecule has 1 N–H and O–H groups in total. The Bertz CT molecular complexity index is 1130. The third-order valence-corrected chi connectivity index (χ3v) is 5.15. The Morgan fingerprint density at radius 1 is 1.24 bits per heavy atom. The number of amides is 1. The van der Waals surface area contributed by atoms with Crippen molar-refractivity contribution in [3.8, 4) is 5.69 Å². The fraction of sp³-hybridized carbons (Fsp3) is 0.318. The second-order valence-electron chi connectivity index (χ2n) is 8.25. The minimum absolute atomic E-state index is 0.0183. The van der Waals surface area contributed by atoms with Gasteiger partial charge in [0.05, 0.1) is 11.7 Å². The molecule has 0 saturated carbocycles. The number of benzene rings is 1. The molecule has 1 atom stereocenters. The number of halogens is 1. The molecule has 0 fully saturated rings.